The van der Waals surface area contributed by atoms with E-state index < -0.39 is 0 Å². The van der Waals surface area contributed by atoms with Crippen molar-refractivity contribution in [3.8, 4) is 0 Å². The van der Waals surface area contributed by atoms with Crippen molar-refractivity contribution in [2.24, 2.45) is 0 Å². The van der Waals surface area contributed by atoms with Crippen molar-refractivity contribution in [2.75, 3.05) is 19.6 Å². The average Bonchev–Trinajstić information content (AvgIpc) is 3.44. The zero-order chi connectivity index (χ0) is 17.5. The normalized spacial score (nSPS) is 20.8. The number of carbonyl (C=O) groups is 1. The van der Waals surface area contributed by atoms with Gasteiger partial charge in [-0.05, 0) is 38.8 Å². The van der Waals surface area contributed by atoms with Crippen LogP contribution in [-0.2, 0) is 13.0 Å². The molecule has 3 aliphatic rings. The molecule has 2 fully saturated rings. The van der Waals surface area contributed by atoms with Crippen LogP contribution in [0.3, 0.4) is 0 Å². The van der Waals surface area contributed by atoms with Crippen molar-refractivity contribution >= 4 is 5.91 Å². The van der Waals surface area contributed by atoms with Crippen molar-refractivity contribution in [2.45, 2.75) is 50.5 Å². The fraction of sp³-hybridized carbons (Fsp3) is 0.579. The van der Waals surface area contributed by atoms with Gasteiger partial charge >= 0.3 is 0 Å². The van der Waals surface area contributed by atoms with Gasteiger partial charge in [-0.25, -0.2) is 9.97 Å². The Morgan fingerprint density at radius 3 is 2.85 bits per heavy atom. The summed E-state index contributed by atoms with van der Waals surface area (Å²) in [6.45, 7) is 3.29. The Morgan fingerprint density at radius 1 is 1.19 bits per heavy atom. The van der Waals surface area contributed by atoms with E-state index in [1.807, 2.05) is 17.2 Å². The molecule has 1 saturated heterocycles. The maximum Gasteiger partial charge on any atom is 0.276 e. The smallest absolute Gasteiger partial charge is 0.276 e. The van der Waals surface area contributed by atoms with Crippen LogP contribution in [0.4, 0.5) is 0 Å². The third kappa shape index (κ3) is 3.00. The lowest BCUT2D eigenvalue weighted by Crippen LogP contribution is -2.37. The van der Waals surface area contributed by atoms with E-state index in [2.05, 4.69) is 15.5 Å². The highest BCUT2D eigenvalue weighted by Crippen LogP contribution is 2.40. The van der Waals surface area contributed by atoms with Crippen LogP contribution in [0, 0.1) is 0 Å². The number of hydrogen-bond donors (Lipinski definition) is 1. The number of fused-ring (bicyclic) bond motifs is 1. The molecule has 0 spiro atoms. The highest BCUT2D eigenvalue weighted by Gasteiger charge is 2.31. The van der Waals surface area contributed by atoms with E-state index in [-0.39, 0.29) is 5.91 Å². The summed E-state index contributed by atoms with van der Waals surface area (Å²) < 4.78 is 5.33. The largest absolute Gasteiger partial charge is 0.360 e. The Labute approximate surface area is 152 Å². The monoisotopic (exact) mass is 353 g/mol. The average molecular weight is 353 g/mol. The molecule has 136 valence electrons. The summed E-state index contributed by atoms with van der Waals surface area (Å²) in [6, 6.07) is 1.81. The van der Waals surface area contributed by atoms with E-state index in [9.17, 15) is 4.79 Å². The molecular formula is C19H23N5O2. The van der Waals surface area contributed by atoms with E-state index in [4.69, 9.17) is 9.51 Å². The first-order valence-electron chi connectivity index (χ1n) is 9.59. The molecule has 1 amide bonds. The van der Waals surface area contributed by atoms with Gasteiger partial charge < -0.3 is 14.7 Å². The van der Waals surface area contributed by atoms with Crippen LogP contribution in [0.15, 0.2) is 16.8 Å². The second kappa shape index (κ2) is 6.46. The molecule has 26 heavy (non-hydrogen) atoms. The number of aromatic nitrogens is 3. The van der Waals surface area contributed by atoms with Crippen LogP contribution in [0.2, 0.25) is 0 Å². The molecule has 7 heteroatoms. The molecule has 0 unspecified atom stereocenters. The van der Waals surface area contributed by atoms with Crippen LogP contribution >= 0.6 is 0 Å². The summed E-state index contributed by atoms with van der Waals surface area (Å²) in [4.78, 5) is 24.0. The second-order valence-corrected chi connectivity index (χ2v) is 7.59. The molecule has 2 aliphatic heterocycles. The first-order chi connectivity index (χ1) is 12.8. The van der Waals surface area contributed by atoms with Gasteiger partial charge in [0, 0.05) is 49.2 Å². The molecule has 0 atom stereocenters. The van der Waals surface area contributed by atoms with Crippen molar-refractivity contribution in [1.29, 1.82) is 0 Å². The van der Waals surface area contributed by atoms with Crippen LogP contribution in [0.5, 0.6) is 0 Å². The fourth-order valence-electron chi connectivity index (χ4n) is 3.89. The summed E-state index contributed by atoms with van der Waals surface area (Å²) in [5, 5.41) is 7.36. The lowest BCUT2D eigenvalue weighted by atomic mass is 9.96. The molecule has 0 bridgehead atoms. The lowest BCUT2D eigenvalue weighted by molar-refractivity contribution is 0.0722. The lowest BCUT2D eigenvalue weighted by Gasteiger charge is -2.28. The summed E-state index contributed by atoms with van der Waals surface area (Å²) in [5.41, 5.74) is 2.56. The van der Waals surface area contributed by atoms with Gasteiger partial charge in [-0.2, -0.15) is 0 Å². The first-order valence-corrected chi connectivity index (χ1v) is 9.59. The molecule has 1 N–H and O–H groups in total. The topological polar surface area (TPSA) is 84.2 Å². The first kappa shape index (κ1) is 15.9. The summed E-state index contributed by atoms with van der Waals surface area (Å²) in [6.07, 6.45) is 7.15. The summed E-state index contributed by atoms with van der Waals surface area (Å²) in [5.74, 6) is 2.68. The zero-order valence-electron chi connectivity index (χ0n) is 14.8. The maximum atomic E-state index is 12.7. The molecule has 1 aliphatic carbocycles. The number of carbonyl (C=O) groups excluding carboxylic acids is 1. The predicted octanol–water partition coefficient (Wildman–Crippen LogP) is 2.01. The molecule has 7 nitrogen and oxygen atoms in total. The molecule has 0 radical (unpaired) electrons. The standard InChI is InChI=1S/C19H23N5O2/c25-19(16-9-17(26-23-16)12-1-2-12)24-8-5-15-14(11-24)10-21-18(22-15)13-3-6-20-7-4-13/h9-10,12-13,20H,1-8,11H2. The van der Waals surface area contributed by atoms with Crippen molar-refractivity contribution < 1.29 is 9.32 Å². The van der Waals surface area contributed by atoms with Gasteiger partial charge in [0.05, 0.1) is 5.69 Å². The van der Waals surface area contributed by atoms with Crippen LogP contribution in [0.25, 0.3) is 0 Å². The van der Waals surface area contributed by atoms with Gasteiger partial charge in [0.1, 0.15) is 11.6 Å². The van der Waals surface area contributed by atoms with Gasteiger partial charge in [-0.3, -0.25) is 4.79 Å². The SMILES string of the molecule is O=C(c1cc(C2CC2)on1)N1CCc2nc(C3CCNCC3)ncc2C1. The number of nitrogens with one attached hydrogen (secondary N) is 1. The maximum absolute atomic E-state index is 12.7. The van der Waals surface area contributed by atoms with Crippen LogP contribution in [0.1, 0.15) is 70.8 Å². The molecule has 1 saturated carbocycles. The molecule has 0 aromatic carbocycles. The van der Waals surface area contributed by atoms with Crippen molar-refractivity contribution in [1.82, 2.24) is 25.3 Å². The van der Waals surface area contributed by atoms with E-state index in [0.717, 1.165) is 68.0 Å². The quantitative estimate of drug-likeness (QED) is 0.909. The Bertz CT molecular complexity index is 823. The van der Waals surface area contributed by atoms with Crippen LogP contribution < -0.4 is 5.32 Å². The van der Waals surface area contributed by atoms with Gasteiger partial charge in [-0.1, -0.05) is 5.16 Å². The Hall–Kier alpha value is -2.28. The number of amides is 1. The highest BCUT2D eigenvalue weighted by atomic mass is 16.5. The Morgan fingerprint density at radius 2 is 2.04 bits per heavy atom. The minimum atomic E-state index is -0.0614. The van der Waals surface area contributed by atoms with Gasteiger partial charge in [0.25, 0.3) is 5.91 Å². The highest BCUT2D eigenvalue weighted by molar-refractivity contribution is 5.92. The third-order valence-corrected chi connectivity index (χ3v) is 5.67. The number of piperidine rings is 1. The fourth-order valence-corrected chi connectivity index (χ4v) is 3.89. The minimum Gasteiger partial charge on any atom is -0.360 e. The summed E-state index contributed by atoms with van der Waals surface area (Å²) >= 11 is 0. The van der Waals surface area contributed by atoms with E-state index in [0.29, 0.717) is 30.6 Å². The zero-order valence-corrected chi connectivity index (χ0v) is 14.8. The Balaban J connectivity index is 1.30. The number of nitrogens with zero attached hydrogens (tertiary/aromatic N) is 4. The van der Waals surface area contributed by atoms with Crippen molar-refractivity contribution in [3.05, 3.63) is 40.8 Å². The predicted molar refractivity (Wildman–Crippen MR) is 93.8 cm³/mol. The molecular weight excluding hydrogens is 330 g/mol. The van der Waals surface area contributed by atoms with Crippen molar-refractivity contribution in [3.63, 3.8) is 0 Å². The van der Waals surface area contributed by atoms with Gasteiger partial charge in [0.15, 0.2) is 5.69 Å². The third-order valence-electron chi connectivity index (χ3n) is 5.67. The molecule has 2 aromatic heterocycles. The van der Waals surface area contributed by atoms with E-state index in [1.54, 1.807) is 0 Å². The molecule has 2 aromatic rings. The minimum absolute atomic E-state index is 0.0614. The Kier molecular flexibility index (Phi) is 3.96. The number of rotatable bonds is 3. The van der Waals surface area contributed by atoms with Gasteiger partial charge in [-0.15, -0.1) is 0 Å². The molecule has 4 heterocycles. The molecule has 5 rings (SSSR count). The van der Waals surface area contributed by atoms with E-state index >= 15 is 0 Å². The van der Waals surface area contributed by atoms with Gasteiger partial charge in [0.2, 0.25) is 0 Å². The van der Waals surface area contributed by atoms with E-state index in [1.165, 1.54) is 0 Å². The summed E-state index contributed by atoms with van der Waals surface area (Å²) in [7, 11) is 0. The number of hydrogen-bond acceptors (Lipinski definition) is 6. The van der Waals surface area contributed by atoms with Crippen LogP contribution in [-0.4, -0.2) is 45.6 Å². The second-order valence-electron chi connectivity index (χ2n) is 7.59.